The van der Waals surface area contributed by atoms with E-state index in [0.717, 1.165) is 6.42 Å². The predicted molar refractivity (Wildman–Crippen MR) is 72.9 cm³/mol. The number of hydrogen-bond acceptors (Lipinski definition) is 4. The minimum atomic E-state index is -1.11. The number of hydrogen-bond donors (Lipinski definition) is 0. The molecule has 2 aliphatic heterocycles. The Labute approximate surface area is 123 Å². The lowest BCUT2D eigenvalue weighted by atomic mass is 9.34. The first-order valence-electron chi connectivity index (χ1n) is 7.61. The molecule has 2 spiro atoms. The zero-order valence-electron chi connectivity index (χ0n) is 12.4. The van der Waals surface area contributed by atoms with Gasteiger partial charge in [-0.05, 0) is 29.9 Å². The quantitative estimate of drug-likeness (QED) is 0.505. The van der Waals surface area contributed by atoms with Gasteiger partial charge in [-0.3, -0.25) is 9.59 Å². The summed E-state index contributed by atoms with van der Waals surface area (Å²) < 4.78 is 11.5. The van der Waals surface area contributed by atoms with E-state index in [2.05, 4.69) is 26.8 Å². The number of ketones is 1. The number of carbonyl (C=O) groups excluding carboxylic acids is 2. The molecule has 0 unspecified atom stereocenters. The highest BCUT2D eigenvalue weighted by Gasteiger charge is 2.97. The highest BCUT2D eigenvalue weighted by Crippen LogP contribution is 2.86. The minimum absolute atomic E-state index is 0.0629. The van der Waals surface area contributed by atoms with Gasteiger partial charge in [0.1, 0.15) is 12.2 Å². The van der Waals surface area contributed by atoms with Gasteiger partial charge < -0.3 is 9.47 Å². The number of carbonyl (C=O) groups is 2. The first kappa shape index (κ1) is 12.0. The average molecular weight is 286 g/mol. The van der Waals surface area contributed by atoms with Crippen LogP contribution in [-0.4, -0.2) is 24.0 Å². The molecule has 3 fully saturated rings. The van der Waals surface area contributed by atoms with Crippen molar-refractivity contribution >= 4 is 11.8 Å². The minimum Gasteiger partial charge on any atom is -0.496 e. The third-order valence-electron chi connectivity index (χ3n) is 6.79. The van der Waals surface area contributed by atoms with Crippen LogP contribution in [0.4, 0.5) is 0 Å². The molecule has 0 bridgehead atoms. The third-order valence-corrected chi connectivity index (χ3v) is 6.79. The first-order valence-corrected chi connectivity index (χ1v) is 7.61. The van der Waals surface area contributed by atoms with Gasteiger partial charge in [0, 0.05) is 5.41 Å². The van der Waals surface area contributed by atoms with Crippen molar-refractivity contribution in [1.82, 2.24) is 0 Å². The van der Waals surface area contributed by atoms with Crippen molar-refractivity contribution in [2.45, 2.75) is 39.4 Å². The van der Waals surface area contributed by atoms with Crippen LogP contribution >= 0.6 is 0 Å². The zero-order chi connectivity index (χ0) is 14.8. The summed E-state index contributed by atoms with van der Waals surface area (Å²) in [5, 5.41) is 0. The molecule has 4 nitrogen and oxygen atoms in total. The van der Waals surface area contributed by atoms with Gasteiger partial charge in [-0.2, -0.15) is 0 Å². The molecule has 6 atom stereocenters. The smallest absolute Gasteiger partial charge is 0.325 e. The molecule has 5 rings (SSSR count). The highest BCUT2D eigenvalue weighted by molar-refractivity contribution is 6.17. The maximum Gasteiger partial charge on any atom is 0.325 e. The van der Waals surface area contributed by atoms with Crippen LogP contribution in [0.5, 0.6) is 0 Å². The van der Waals surface area contributed by atoms with Crippen LogP contribution in [0.15, 0.2) is 24.5 Å². The SMILES string of the molecule is CC(C)(C)[C@@H]1C[C@H]2OC(=O)[C@]34C(=O)C=C[C@]23[C@]12C=CO[C@@H]42. The lowest BCUT2D eigenvalue weighted by Gasteiger charge is -2.63. The van der Waals surface area contributed by atoms with Crippen LogP contribution in [-0.2, 0) is 19.1 Å². The molecule has 0 amide bonds. The van der Waals surface area contributed by atoms with E-state index in [-0.39, 0.29) is 28.7 Å². The molecule has 0 aromatic rings. The van der Waals surface area contributed by atoms with Gasteiger partial charge >= 0.3 is 5.97 Å². The predicted octanol–water partition coefficient (Wildman–Crippen LogP) is 2.00. The summed E-state index contributed by atoms with van der Waals surface area (Å²) in [5.74, 6) is -0.177. The van der Waals surface area contributed by atoms with Crippen molar-refractivity contribution in [3.8, 4) is 0 Å². The Hall–Kier alpha value is -1.58. The van der Waals surface area contributed by atoms with Gasteiger partial charge in [0.25, 0.3) is 0 Å². The second kappa shape index (κ2) is 2.83. The molecule has 0 aromatic heterocycles. The molecular formula is C17H18O4. The summed E-state index contributed by atoms with van der Waals surface area (Å²) in [5.41, 5.74) is -1.83. The monoisotopic (exact) mass is 286 g/mol. The van der Waals surface area contributed by atoms with Crippen molar-refractivity contribution in [3.05, 3.63) is 24.5 Å². The lowest BCUT2D eigenvalue weighted by molar-refractivity contribution is -0.225. The van der Waals surface area contributed by atoms with Gasteiger partial charge in [0.15, 0.2) is 11.2 Å². The normalized spacial score (nSPS) is 54.9. The van der Waals surface area contributed by atoms with E-state index in [4.69, 9.17) is 9.47 Å². The Balaban J connectivity index is 1.82. The maximum absolute atomic E-state index is 12.6. The van der Waals surface area contributed by atoms with Crippen LogP contribution in [0.3, 0.4) is 0 Å². The fourth-order valence-electron chi connectivity index (χ4n) is 6.31. The van der Waals surface area contributed by atoms with Crippen LogP contribution in [0, 0.1) is 27.6 Å². The molecule has 4 heteroatoms. The summed E-state index contributed by atoms with van der Waals surface area (Å²) >= 11 is 0. The molecule has 5 aliphatic rings. The molecule has 110 valence electrons. The standard InChI is InChI=1S/C17H18O4/c1-14(2,3)9-8-11-16-5-4-10(18)17(16,13(19)21-11)12-15(9,16)6-7-20-12/h4-7,9,11-12H,8H2,1-3H3/t9-,11+,12+,15+,16+,17+/m0/s1. The Morgan fingerprint density at radius 2 is 2.00 bits per heavy atom. The highest BCUT2D eigenvalue weighted by atomic mass is 16.6. The number of allylic oxidation sites excluding steroid dienone is 1. The molecule has 2 saturated carbocycles. The van der Waals surface area contributed by atoms with E-state index in [1.807, 2.05) is 6.08 Å². The van der Waals surface area contributed by atoms with E-state index < -0.39 is 16.9 Å². The van der Waals surface area contributed by atoms with Gasteiger partial charge in [0.05, 0.1) is 11.7 Å². The topological polar surface area (TPSA) is 52.6 Å². The zero-order valence-corrected chi connectivity index (χ0v) is 12.4. The van der Waals surface area contributed by atoms with Gasteiger partial charge in [0.2, 0.25) is 0 Å². The summed E-state index contributed by atoms with van der Waals surface area (Å²) in [7, 11) is 0. The van der Waals surface area contributed by atoms with Crippen LogP contribution in [0.25, 0.3) is 0 Å². The molecule has 0 aromatic carbocycles. The van der Waals surface area contributed by atoms with Gasteiger partial charge in [-0.25, -0.2) is 0 Å². The van der Waals surface area contributed by atoms with Crippen molar-refractivity contribution in [2.75, 3.05) is 0 Å². The van der Waals surface area contributed by atoms with E-state index >= 15 is 0 Å². The number of ether oxygens (including phenoxy) is 2. The van der Waals surface area contributed by atoms with E-state index in [1.165, 1.54) is 0 Å². The van der Waals surface area contributed by atoms with Crippen LogP contribution in [0.1, 0.15) is 27.2 Å². The molecular weight excluding hydrogens is 268 g/mol. The summed E-state index contributed by atoms with van der Waals surface area (Å²) in [4.78, 5) is 25.1. The van der Waals surface area contributed by atoms with Crippen molar-refractivity contribution < 1.29 is 19.1 Å². The maximum atomic E-state index is 12.6. The second-order valence-corrected chi connectivity index (χ2v) is 8.17. The second-order valence-electron chi connectivity index (χ2n) is 8.17. The molecule has 3 aliphatic carbocycles. The molecule has 2 heterocycles. The Kier molecular flexibility index (Phi) is 1.62. The molecule has 0 radical (unpaired) electrons. The van der Waals surface area contributed by atoms with Gasteiger partial charge in [-0.1, -0.05) is 26.8 Å². The van der Waals surface area contributed by atoms with Crippen molar-refractivity contribution in [1.29, 1.82) is 0 Å². The Bertz CT molecular complexity index is 669. The van der Waals surface area contributed by atoms with Crippen molar-refractivity contribution in [2.24, 2.45) is 27.6 Å². The fraction of sp³-hybridized carbons (Fsp3) is 0.647. The third kappa shape index (κ3) is 0.787. The summed E-state index contributed by atoms with van der Waals surface area (Å²) in [6, 6.07) is 0. The van der Waals surface area contributed by atoms with Crippen LogP contribution in [0.2, 0.25) is 0 Å². The molecule has 1 saturated heterocycles. The number of rotatable bonds is 0. The van der Waals surface area contributed by atoms with Gasteiger partial charge in [-0.15, -0.1) is 0 Å². The van der Waals surface area contributed by atoms with E-state index in [9.17, 15) is 9.59 Å². The summed E-state index contributed by atoms with van der Waals surface area (Å²) in [6.45, 7) is 6.65. The largest absolute Gasteiger partial charge is 0.496 e. The molecule has 21 heavy (non-hydrogen) atoms. The summed E-state index contributed by atoms with van der Waals surface area (Å²) in [6.07, 6.45) is 7.58. The lowest BCUT2D eigenvalue weighted by Crippen LogP contribution is -2.76. The first-order chi connectivity index (χ1) is 9.83. The van der Waals surface area contributed by atoms with E-state index in [1.54, 1.807) is 12.3 Å². The van der Waals surface area contributed by atoms with Crippen LogP contribution < -0.4 is 0 Å². The van der Waals surface area contributed by atoms with Crippen molar-refractivity contribution in [3.63, 3.8) is 0 Å². The Morgan fingerprint density at radius 3 is 2.71 bits per heavy atom. The Morgan fingerprint density at radius 1 is 1.24 bits per heavy atom. The average Bonchev–Trinajstić information content (AvgIpc) is 2.99. The fourth-order valence-corrected chi connectivity index (χ4v) is 6.31. The number of esters is 1. The van der Waals surface area contributed by atoms with E-state index in [0.29, 0.717) is 5.92 Å². The molecule has 0 N–H and O–H groups in total.